The predicted octanol–water partition coefficient (Wildman–Crippen LogP) is 2.14. The molecule has 0 saturated heterocycles. The summed E-state index contributed by atoms with van der Waals surface area (Å²) in [5.41, 5.74) is 0.879. The maximum atomic E-state index is 11.4. The molecule has 0 aliphatic carbocycles. The van der Waals surface area contributed by atoms with Gasteiger partial charge in [-0.25, -0.2) is 4.79 Å². The molecule has 110 valence electrons. The predicted molar refractivity (Wildman–Crippen MR) is 76.0 cm³/mol. The SMILES string of the molecule is O=C(O)[C@H](COCc1ccccc1)NC(=O)C(Cl)(Cl)Cl. The van der Waals surface area contributed by atoms with Gasteiger partial charge < -0.3 is 15.2 Å². The van der Waals surface area contributed by atoms with E-state index >= 15 is 0 Å². The third-order valence-electron chi connectivity index (χ3n) is 2.26. The molecular formula is C12H12Cl3NO4. The monoisotopic (exact) mass is 339 g/mol. The zero-order chi connectivity index (χ0) is 15.2. The van der Waals surface area contributed by atoms with Crippen molar-refractivity contribution in [1.29, 1.82) is 0 Å². The first-order valence-corrected chi connectivity index (χ1v) is 6.66. The van der Waals surface area contributed by atoms with Gasteiger partial charge in [-0.3, -0.25) is 4.79 Å². The Kier molecular flexibility index (Phi) is 6.55. The summed E-state index contributed by atoms with van der Waals surface area (Å²) < 4.78 is 3.02. The fourth-order valence-electron chi connectivity index (χ4n) is 1.28. The second-order valence-corrected chi connectivity index (χ2v) is 6.14. The number of hydrogen-bond donors (Lipinski definition) is 2. The van der Waals surface area contributed by atoms with E-state index in [-0.39, 0.29) is 13.2 Å². The quantitative estimate of drug-likeness (QED) is 0.778. The van der Waals surface area contributed by atoms with Crippen LogP contribution in [0.15, 0.2) is 30.3 Å². The van der Waals surface area contributed by atoms with E-state index in [1.807, 2.05) is 30.3 Å². The number of nitrogens with one attached hydrogen (secondary N) is 1. The normalized spacial score (nSPS) is 12.8. The zero-order valence-corrected chi connectivity index (χ0v) is 12.5. The standard InChI is InChI=1S/C12H12Cl3NO4/c13-12(14,15)11(19)16-9(10(17)18)7-20-6-8-4-2-1-3-5-8/h1-5,9H,6-7H2,(H,16,19)(H,17,18)/t9-/m0/s1. The molecular weight excluding hydrogens is 328 g/mol. The Morgan fingerprint density at radius 1 is 1.25 bits per heavy atom. The Hall–Kier alpha value is -1.01. The summed E-state index contributed by atoms with van der Waals surface area (Å²) >= 11 is 16.0. The number of carboxylic acids is 1. The molecule has 1 aromatic carbocycles. The van der Waals surface area contributed by atoms with Crippen molar-refractivity contribution >= 4 is 46.7 Å². The van der Waals surface area contributed by atoms with Gasteiger partial charge in [-0.2, -0.15) is 0 Å². The molecule has 0 aliphatic rings. The highest BCUT2D eigenvalue weighted by atomic mass is 35.6. The Balaban J connectivity index is 2.48. The van der Waals surface area contributed by atoms with E-state index in [1.54, 1.807) is 0 Å². The molecule has 0 aromatic heterocycles. The minimum absolute atomic E-state index is 0.217. The molecule has 1 rings (SSSR count). The molecule has 0 unspecified atom stereocenters. The summed E-state index contributed by atoms with van der Waals surface area (Å²) in [5.74, 6) is -2.29. The maximum Gasteiger partial charge on any atom is 0.328 e. The van der Waals surface area contributed by atoms with Gasteiger partial charge in [0.1, 0.15) is 0 Å². The second kappa shape index (κ2) is 7.69. The van der Waals surface area contributed by atoms with Crippen molar-refractivity contribution in [2.24, 2.45) is 0 Å². The van der Waals surface area contributed by atoms with Crippen LogP contribution in [0.3, 0.4) is 0 Å². The minimum atomic E-state index is -2.22. The Morgan fingerprint density at radius 3 is 2.35 bits per heavy atom. The maximum absolute atomic E-state index is 11.4. The van der Waals surface area contributed by atoms with Crippen LogP contribution in [0.1, 0.15) is 5.56 Å². The first kappa shape index (κ1) is 17.0. The van der Waals surface area contributed by atoms with Crippen LogP contribution < -0.4 is 5.32 Å². The van der Waals surface area contributed by atoms with Gasteiger partial charge in [0, 0.05) is 0 Å². The number of carbonyl (C=O) groups is 2. The van der Waals surface area contributed by atoms with Gasteiger partial charge in [0.2, 0.25) is 0 Å². The lowest BCUT2D eigenvalue weighted by molar-refractivity contribution is -0.143. The molecule has 0 spiro atoms. The number of aliphatic carboxylic acids is 1. The summed E-state index contributed by atoms with van der Waals surface area (Å²) in [5, 5.41) is 11.0. The summed E-state index contributed by atoms with van der Waals surface area (Å²) in [4.78, 5) is 22.4. The van der Waals surface area contributed by atoms with Crippen LogP contribution >= 0.6 is 34.8 Å². The third kappa shape index (κ3) is 5.96. The van der Waals surface area contributed by atoms with Crippen molar-refractivity contribution in [3.8, 4) is 0 Å². The topological polar surface area (TPSA) is 75.6 Å². The number of alkyl halides is 3. The molecule has 5 nitrogen and oxygen atoms in total. The van der Waals surface area contributed by atoms with Crippen molar-refractivity contribution < 1.29 is 19.4 Å². The molecule has 8 heteroatoms. The van der Waals surface area contributed by atoms with E-state index in [9.17, 15) is 9.59 Å². The lowest BCUT2D eigenvalue weighted by Crippen LogP contribution is -2.48. The molecule has 1 atom stereocenters. The van der Waals surface area contributed by atoms with E-state index in [1.165, 1.54) is 0 Å². The molecule has 0 heterocycles. The van der Waals surface area contributed by atoms with E-state index in [0.29, 0.717) is 0 Å². The van der Waals surface area contributed by atoms with Crippen molar-refractivity contribution in [2.75, 3.05) is 6.61 Å². The molecule has 1 aromatic rings. The van der Waals surface area contributed by atoms with Gasteiger partial charge in [-0.1, -0.05) is 65.1 Å². The summed E-state index contributed by atoms with van der Waals surface area (Å²) in [6, 6.07) is 7.88. The van der Waals surface area contributed by atoms with Gasteiger partial charge in [-0.15, -0.1) is 0 Å². The van der Waals surface area contributed by atoms with Crippen LogP contribution in [0.25, 0.3) is 0 Å². The van der Waals surface area contributed by atoms with Gasteiger partial charge in [0.15, 0.2) is 6.04 Å². The molecule has 0 bridgehead atoms. The molecule has 0 fully saturated rings. The van der Waals surface area contributed by atoms with Crippen LogP contribution in [0.2, 0.25) is 0 Å². The molecule has 2 N–H and O–H groups in total. The number of halogens is 3. The number of ether oxygens (including phenoxy) is 1. The zero-order valence-electron chi connectivity index (χ0n) is 10.2. The first-order valence-electron chi connectivity index (χ1n) is 5.53. The van der Waals surface area contributed by atoms with E-state index in [4.69, 9.17) is 44.6 Å². The largest absolute Gasteiger partial charge is 0.480 e. The number of benzene rings is 1. The van der Waals surface area contributed by atoms with Crippen LogP contribution in [0.4, 0.5) is 0 Å². The second-order valence-electron chi connectivity index (χ2n) is 3.86. The van der Waals surface area contributed by atoms with E-state index < -0.39 is 21.7 Å². The number of carboxylic acid groups (broad SMARTS) is 1. The van der Waals surface area contributed by atoms with Crippen LogP contribution in [0, 0.1) is 0 Å². The number of rotatable bonds is 6. The van der Waals surface area contributed by atoms with Gasteiger partial charge >= 0.3 is 5.97 Å². The molecule has 0 aliphatic heterocycles. The molecule has 1 amide bonds. The molecule has 0 radical (unpaired) electrons. The van der Waals surface area contributed by atoms with E-state index in [2.05, 4.69) is 5.32 Å². The van der Waals surface area contributed by atoms with Crippen LogP contribution in [-0.4, -0.2) is 33.4 Å². The van der Waals surface area contributed by atoms with Gasteiger partial charge in [-0.05, 0) is 5.56 Å². The smallest absolute Gasteiger partial charge is 0.328 e. The van der Waals surface area contributed by atoms with Crippen LogP contribution in [0.5, 0.6) is 0 Å². The molecule has 20 heavy (non-hydrogen) atoms. The summed E-state index contributed by atoms with van der Waals surface area (Å²) in [6.45, 7) is -0.0228. The van der Waals surface area contributed by atoms with Gasteiger partial charge in [0.25, 0.3) is 9.70 Å². The number of hydrogen-bond acceptors (Lipinski definition) is 3. The first-order chi connectivity index (χ1) is 9.30. The Bertz CT molecular complexity index is 462. The Labute approximate surface area is 130 Å². The number of amides is 1. The number of carbonyl (C=O) groups excluding carboxylic acids is 1. The lowest BCUT2D eigenvalue weighted by Gasteiger charge is -2.17. The van der Waals surface area contributed by atoms with Crippen molar-refractivity contribution in [3.05, 3.63) is 35.9 Å². The average molecular weight is 341 g/mol. The Morgan fingerprint density at radius 2 is 1.85 bits per heavy atom. The van der Waals surface area contributed by atoms with Gasteiger partial charge in [0.05, 0.1) is 13.2 Å². The molecule has 0 saturated carbocycles. The fourth-order valence-corrected chi connectivity index (χ4v) is 1.45. The van der Waals surface area contributed by atoms with Crippen molar-refractivity contribution in [3.63, 3.8) is 0 Å². The lowest BCUT2D eigenvalue weighted by atomic mass is 10.2. The van der Waals surface area contributed by atoms with Crippen molar-refractivity contribution in [1.82, 2.24) is 5.32 Å². The van der Waals surface area contributed by atoms with Crippen LogP contribution in [-0.2, 0) is 20.9 Å². The highest BCUT2D eigenvalue weighted by Gasteiger charge is 2.34. The fraction of sp³-hybridized carbons (Fsp3) is 0.333. The third-order valence-corrected chi connectivity index (χ3v) is 2.77. The van der Waals surface area contributed by atoms with E-state index in [0.717, 1.165) is 5.56 Å². The minimum Gasteiger partial charge on any atom is -0.480 e. The highest BCUT2D eigenvalue weighted by Crippen LogP contribution is 2.25. The van der Waals surface area contributed by atoms with Crippen molar-refractivity contribution in [2.45, 2.75) is 16.4 Å². The highest BCUT2D eigenvalue weighted by molar-refractivity contribution is 6.76. The summed E-state index contributed by atoms with van der Waals surface area (Å²) in [7, 11) is 0. The average Bonchev–Trinajstić information content (AvgIpc) is 2.37. The summed E-state index contributed by atoms with van der Waals surface area (Å²) in [6.07, 6.45) is 0.